The summed E-state index contributed by atoms with van der Waals surface area (Å²) in [5.74, 6) is 0.0508. The van der Waals surface area contributed by atoms with Gasteiger partial charge in [0.05, 0.1) is 38.2 Å². The van der Waals surface area contributed by atoms with Gasteiger partial charge in [-0.1, -0.05) is 21.1 Å². The Labute approximate surface area is 210 Å². The minimum Gasteiger partial charge on any atom is -0.497 e. The number of hydrogen-bond acceptors (Lipinski definition) is 8. The SMILES string of the molecule is COc1ccc(/C(C)=N\OCC(=O)N=Nc2c(O)n(CN3CCOCC3)c3ccc(Br)cc23)cc1. The number of morpholine rings is 1. The van der Waals surface area contributed by atoms with Crippen molar-refractivity contribution in [3.05, 3.63) is 52.5 Å². The lowest BCUT2D eigenvalue weighted by Gasteiger charge is -2.27. The number of aromatic nitrogens is 1. The second-order valence-corrected chi connectivity index (χ2v) is 8.82. The summed E-state index contributed by atoms with van der Waals surface area (Å²) < 4.78 is 13.1. The molecule has 1 saturated heterocycles. The van der Waals surface area contributed by atoms with Crippen molar-refractivity contribution in [1.29, 1.82) is 0 Å². The van der Waals surface area contributed by atoms with E-state index in [1.165, 1.54) is 0 Å². The number of ether oxygens (including phenoxy) is 2. The number of carbonyl (C=O) groups is 1. The molecule has 1 aliphatic heterocycles. The molecule has 0 unspecified atom stereocenters. The van der Waals surface area contributed by atoms with Gasteiger partial charge in [-0.2, -0.15) is 0 Å². The van der Waals surface area contributed by atoms with Crippen LogP contribution >= 0.6 is 15.9 Å². The van der Waals surface area contributed by atoms with E-state index in [2.05, 4.69) is 36.2 Å². The summed E-state index contributed by atoms with van der Waals surface area (Å²) >= 11 is 3.46. The molecule has 0 aliphatic carbocycles. The second kappa shape index (κ2) is 11.4. The minimum atomic E-state index is -0.625. The number of carbonyl (C=O) groups excluding carboxylic acids is 1. The van der Waals surface area contributed by atoms with Crippen molar-refractivity contribution in [3.63, 3.8) is 0 Å². The van der Waals surface area contributed by atoms with Crippen LogP contribution in [0.1, 0.15) is 12.5 Å². The Hall–Kier alpha value is -3.28. The molecule has 1 N–H and O–H groups in total. The first-order chi connectivity index (χ1) is 17.0. The number of rotatable bonds is 8. The molecule has 1 fully saturated rings. The predicted molar refractivity (Wildman–Crippen MR) is 134 cm³/mol. The fraction of sp³-hybridized carbons (Fsp3) is 0.333. The number of benzene rings is 2. The van der Waals surface area contributed by atoms with Gasteiger partial charge < -0.3 is 19.4 Å². The van der Waals surface area contributed by atoms with Gasteiger partial charge in [-0.15, -0.1) is 10.2 Å². The van der Waals surface area contributed by atoms with Crippen molar-refractivity contribution in [3.8, 4) is 11.6 Å². The van der Waals surface area contributed by atoms with E-state index in [9.17, 15) is 9.90 Å². The predicted octanol–water partition coefficient (Wildman–Crippen LogP) is 4.46. The van der Waals surface area contributed by atoms with Crippen LogP contribution in [-0.4, -0.2) is 66.2 Å². The monoisotopic (exact) mass is 543 g/mol. The summed E-state index contributed by atoms with van der Waals surface area (Å²) in [6.07, 6.45) is 0. The fourth-order valence-electron chi connectivity index (χ4n) is 3.68. The van der Waals surface area contributed by atoms with Crippen LogP contribution in [0.15, 0.2) is 62.3 Å². The number of methoxy groups -OCH3 is 1. The van der Waals surface area contributed by atoms with Crippen LogP contribution in [0, 0.1) is 0 Å². The lowest BCUT2D eigenvalue weighted by atomic mass is 10.1. The highest BCUT2D eigenvalue weighted by Crippen LogP contribution is 2.40. The van der Waals surface area contributed by atoms with Crippen molar-refractivity contribution >= 4 is 44.1 Å². The van der Waals surface area contributed by atoms with Crippen molar-refractivity contribution in [2.45, 2.75) is 13.6 Å². The van der Waals surface area contributed by atoms with E-state index in [-0.39, 0.29) is 18.2 Å². The molecule has 0 radical (unpaired) electrons. The molecule has 0 bridgehead atoms. The number of amides is 1. The van der Waals surface area contributed by atoms with Gasteiger partial charge in [-0.05, 0) is 55.0 Å². The maximum absolute atomic E-state index is 12.3. The Balaban J connectivity index is 1.46. The normalized spacial score (nSPS) is 15.1. The Morgan fingerprint density at radius 1 is 1.17 bits per heavy atom. The quantitative estimate of drug-likeness (QED) is 0.255. The maximum atomic E-state index is 12.3. The molecule has 11 heteroatoms. The van der Waals surface area contributed by atoms with Crippen LogP contribution in [0.25, 0.3) is 10.9 Å². The molecule has 0 spiro atoms. The molecule has 0 saturated carbocycles. The van der Waals surface area contributed by atoms with Crippen molar-refractivity contribution < 1.29 is 24.2 Å². The van der Waals surface area contributed by atoms with E-state index in [0.29, 0.717) is 31.0 Å². The lowest BCUT2D eigenvalue weighted by Crippen LogP contribution is -2.37. The number of azo groups is 1. The van der Waals surface area contributed by atoms with Crippen molar-refractivity contribution in [1.82, 2.24) is 9.47 Å². The number of nitrogens with zero attached hydrogens (tertiary/aromatic N) is 5. The third kappa shape index (κ3) is 6.05. The van der Waals surface area contributed by atoms with Gasteiger partial charge in [0.25, 0.3) is 0 Å². The first-order valence-corrected chi connectivity index (χ1v) is 11.8. The third-order valence-corrected chi connectivity index (χ3v) is 6.07. The zero-order chi connectivity index (χ0) is 24.8. The van der Waals surface area contributed by atoms with Crippen LogP contribution in [0.5, 0.6) is 11.6 Å². The average Bonchev–Trinajstić information content (AvgIpc) is 3.13. The smallest absolute Gasteiger partial charge is 0.304 e. The average molecular weight is 544 g/mol. The highest BCUT2D eigenvalue weighted by atomic mass is 79.9. The molecule has 10 nitrogen and oxygen atoms in total. The molecule has 2 aromatic carbocycles. The van der Waals surface area contributed by atoms with E-state index in [1.807, 2.05) is 42.5 Å². The molecule has 4 rings (SSSR count). The first kappa shape index (κ1) is 24.8. The molecule has 1 aliphatic rings. The van der Waals surface area contributed by atoms with Crippen molar-refractivity contribution in [2.24, 2.45) is 15.4 Å². The fourth-order valence-corrected chi connectivity index (χ4v) is 4.04. The number of halogens is 1. The largest absolute Gasteiger partial charge is 0.497 e. The summed E-state index contributed by atoms with van der Waals surface area (Å²) in [6, 6.07) is 12.9. The van der Waals surface area contributed by atoms with Crippen LogP contribution in [0.3, 0.4) is 0 Å². The lowest BCUT2D eigenvalue weighted by molar-refractivity contribution is -0.122. The summed E-state index contributed by atoms with van der Waals surface area (Å²) in [5, 5.41) is 23.4. The Morgan fingerprint density at radius 2 is 1.91 bits per heavy atom. The Morgan fingerprint density at radius 3 is 2.63 bits per heavy atom. The second-order valence-electron chi connectivity index (χ2n) is 7.91. The summed E-state index contributed by atoms with van der Waals surface area (Å²) in [7, 11) is 1.60. The highest BCUT2D eigenvalue weighted by Gasteiger charge is 2.20. The Bertz CT molecular complexity index is 1250. The van der Waals surface area contributed by atoms with E-state index >= 15 is 0 Å². The highest BCUT2D eigenvalue weighted by molar-refractivity contribution is 9.10. The number of hydrogen-bond donors (Lipinski definition) is 1. The van der Waals surface area contributed by atoms with Crippen LogP contribution in [-0.2, 0) is 21.0 Å². The number of aromatic hydroxyl groups is 1. The van der Waals surface area contributed by atoms with Crippen LogP contribution < -0.4 is 4.74 Å². The van der Waals surface area contributed by atoms with E-state index < -0.39 is 5.91 Å². The standard InChI is InChI=1S/C24H26BrN5O5/c1-16(17-3-6-19(33-2)7-4-17)28-35-14-22(31)26-27-23-20-13-18(25)5-8-21(20)30(24(23)32)15-29-9-11-34-12-10-29/h3-8,13,32H,9-12,14-15H2,1-2H3/b27-26?,28-16-. The van der Waals surface area contributed by atoms with Crippen LogP contribution in [0.2, 0.25) is 0 Å². The molecule has 1 aromatic heterocycles. The van der Waals surface area contributed by atoms with Gasteiger partial charge in [0, 0.05) is 22.9 Å². The van der Waals surface area contributed by atoms with Gasteiger partial charge >= 0.3 is 5.91 Å². The number of oxime groups is 1. The maximum Gasteiger partial charge on any atom is 0.304 e. The van der Waals surface area contributed by atoms with Gasteiger partial charge in [-0.25, -0.2) is 0 Å². The molecule has 2 heterocycles. The summed E-state index contributed by atoms with van der Waals surface area (Å²) in [6.45, 7) is 4.68. The topological polar surface area (TPSA) is 110 Å². The third-order valence-electron chi connectivity index (χ3n) is 5.58. The molecule has 3 aromatic rings. The number of fused-ring (bicyclic) bond motifs is 1. The Kier molecular flexibility index (Phi) is 8.11. The van der Waals surface area contributed by atoms with Gasteiger partial charge in [0.1, 0.15) is 5.75 Å². The van der Waals surface area contributed by atoms with Crippen molar-refractivity contribution in [2.75, 3.05) is 40.0 Å². The molecule has 184 valence electrons. The van der Waals surface area contributed by atoms with E-state index in [1.54, 1.807) is 18.6 Å². The van der Waals surface area contributed by atoms with Gasteiger partial charge in [0.15, 0.2) is 12.3 Å². The van der Waals surface area contributed by atoms with E-state index in [0.717, 1.165) is 34.4 Å². The minimum absolute atomic E-state index is 0.0598. The van der Waals surface area contributed by atoms with Gasteiger partial charge in [-0.3, -0.25) is 14.3 Å². The zero-order valence-corrected chi connectivity index (χ0v) is 21.1. The molecular weight excluding hydrogens is 518 g/mol. The summed E-state index contributed by atoms with van der Waals surface area (Å²) in [5.41, 5.74) is 2.45. The first-order valence-electron chi connectivity index (χ1n) is 11.0. The molecular formula is C24H26BrN5O5. The molecule has 0 atom stereocenters. The zero-order valence-electron chi connectivity index (χ0n) is 19.5. The van der Waals surface area contributed by atoms with Crippen LogP contribution in [0.4, 0.5) is 5.69 Å². The molecule has 1 amide bonds. The van der Waals surface area contributed by atoms with E-state index in [4.69, 9.17) is 14.3 Å². The van der Waals surface area contributed by atoms with Gasteiger partial charge in [0.2, 0.25) is 5.88 Å². The molecule has 35 heavy (non-hydrogen) atoms. The summed E-state index contributed by atoms with van der Waals surface area (Å²) in [4.78, 5) is 19.6.